The Labute approximate surface area is 150 Å². The van der Waals surface area contributed by atoms with Crippen LogP contribution in [0.15, 0.2) is 24.3 Å². The lowest BCUT2D eigenvalue weighted by Gasteiger charge is -2.27. The Morgan fingerprint density at radius 3 is 2.64 bits per heavy atom. The number of hydrogen-bond donors (Lipinski definition) is 3. The third-order valence-electron chi connectivity index (χ3n) is 4.93. The zero-order valence-electron chi connectivity index (χ0n) is 14.1. The van der Waals surface area contributed by atoms with Gasteiger partial charge in [0.25, 0.3) is 5.91 Å². The predicted molar refractivity (Wildman–Crippen MR) is 96.9 cm³/mol. The summed E-state index contributed by atoms with van der Waals surface area (Å²) < 4.78 is 1.24. The molecule has 2 heterocycles. The first-order chi connectivity index (χ1) is 12.2. The highest BCUT2D eigenvalue weighted by molar-refractivity contribution is 7.18. The molecule has 3 amide bonds. The quantitative estimate of drug-likeness (QED) is 0.764. The van der Waals surface area contributed by atoms with E-state index >= 15 is 0 Å². The van der Waals surface area contributed by atoms with Crippen LogP contribution in [0.2, 0.25) is 0 Å². The molecule has 1 saturated carbocycles. The van der Waals surface area contributed by atoms with E-state index in [0.717, 1.165) is 44.3 Å². The second kappa shape index (κ2) is 7.09. The average molecular weight is 359 g/mol. The van der Waals surface area contributed by atoms with Crippen molar-refractivity contribution in [2.75, 3.05) is 19.6 Å². The summed E-state index contributed by atoms with van der Waals surface area (Å²) in [6.07, 6.45) is 4.12. The summed E-state index contributed by atoms with van der Waals surface area (Å²) in [5.41, 5.74) is 1.08. The highest BCUT2D eigenvalue weighted by Gasteiger charge is 2.28. The number of rotatable bonds is 4. The number of fused-ring (bicyclic) bond motifs is 1. The molecular weight excluding hydrogens is 336 g/mol. The molecule has 2 aromatic rings. The maximum absolute atomic E-state index is 12.0. The van der Waals surface area contributed by atoms with Crippen molar-refractivity contribution < 1.29 is 14.5 Å². The largest absolute Gasteiger partial charge is 0.335 e. The number of benzene rings is 1. The van der Waals surface area contributed by atoms with Gasteiger partial charge >= 0.3 is 6.03 Å². The molecule has 1 aromatic heterocycles. The number of carbonyl (C=O) groups excluding carboxylic acids is 2. The van der Waals surface area contributed by atoms with E-state index < -0.39 is 0 Å². The molecule has 0 bridgehead atoms. The number of urea groups is 1. The van der Waals surface area contributed by atoms with Gasteiger partial charge in [0.05, 0.1) is 28.3 Å². The molecule has 0 spiro atoms. The van der Waals surface area contributed by atoms with E-state index in [0.29, 0.717) is 12.5 Å². The van der Waals surface area contributed by atoms with Gasteiger partial charge in [0.1, 0.15) is 0 Å². The van der Waals surface area contributed by atoms with E-state index in [1.807, 2.05) is 6.07 Å². The Morgan fingerprint density at radius 1 is 1.16 bits per heavy atom. The van der Waals surface area contributed by atoms with Gasteiger partial charge in [-0.1, -0.05) is 12.1 Å². The van der Waals surface area contributed by atoms with Crippen LogP contribution in [0.1, 0.15) is 36.6 Å². The third-order valence-corrected chi connectivity index (χ3v) is 6.13. The standard InChI is InChI=1S/C18H22N4O2S/c23-16(21-18(24)19-13-5-6-13)11-22-9-7-12(8-10-22)17-20-14-3-1-2-4-15(14)25-17/h1-4,12-13H,5-11H2,(H2,19,21,23,24)/p+1. The van der Waals surface area contributed by atoms with Crippen LogP contribution in [0, 0.1) is 0 Å². The van der Waals surface area contributed by atoms with Gasteiger partial charge in [0.15, 0.2) is 6.54 Å². The molecule has 1 aliphatic carbocycles. The predicted octanol–water partition coefficient (Wildman–Crippen LogP) is 1.05. The molecule has 1 aromatic carbocycles. The van der Waals surface area contributed by atoms with Gasteiger partial charge in [-0.25, -0.2) is 9.78 Å². The van der Waals surface area contributed by atoms with E-state index in [9.17, 15) is 9.59 Å². The second-order valence-corrected chi connectivity index (χ2v) is 8.08. The first-order valence-corrected chi connectivity index (χ1v) is 9.78. The maximum Gasteiger partial charge on any atom is 0.321 e. The van der Waals surface area contributed by atoms with Crippen molar-refractivity contribution >= 4 is 33.5 Å². The highest BCUT2D eigenvalue weighted by Crippen LogP contribution is 2.31. The number of imide groups is 1. The van der Waals surface area contributed by atoms with Gasteiger partial charge in [-0.15, -0.1) is 11.3 Å². The molecular formula is C18H23N4O2S+. The summed E-state index contributed by atoms with van der Waals surface area (Å²) in [6.45, 7) is 2.25. The fraction of sp³-hybridized carbons (Fsp3) is 0.500. The number of para-hydroxylation sites is 1. The lowest BCUT2D eigenvalue weighted by molar-refractivity contribution is -0.897. The summed E-state index contributed by atoms with van der Waals surface area (Å²) in [7, 11) is 0. The van der Waals surface area contributed by atoms with E-state index in [-0.39, 0.29) is 18.0 Å². The van der Waals surface area contributed by atoms with Crippen molar-refractivity contribution in [3.8, 4) is 0 Å². The van der Waals surface area contributed by atoms with Crippen LogP contribution in [0.25, 0.3) is 10.2 Å². The summed E-state index contributed by atoms with van der Waals surface area (Å²) in [6, 6.07) is 8.17. The smallest absolute Gasteiger partial charge is 0.321 e. The molecule has 4 rings (SSSR count). The normalized spacial score (nSPS) is 23.4. The number of hydrogen-bond acceptors (Lipinski definition) is 4. The second-order valence-electron chi connectivity index (χ2n) is 7.02. The van der Waals surface area contributed by atoms with Crippen LogP contribution < -0.4 is 15.5 Å². The van der Waals surface area contributed by atoms with Gasteiger partial charge in [0, 0.05) is 24.8 Å². The van der Waals surface area contributed by atoms with Crippen molar-refractivity contribution in [3.05, 3.63) is 29.3 Å². The molecule has 2 fully saturated rings. The van der Waals surface area contributed by atoms with Gasteiger partial charge in [0.2, 0.25) is 0 Å². The minimum atomic E-state index is -0.351. The van der Waals surface area contributed by atoms with Gasteiger partial charge in [-0.05, 0) is 25.0 Å². The first-order valence-electron chi connectivity index (χ1n) is 8.97. The molecule has 1 aliphatic heterocycles. The van der Waals surface area contributed by atoms with Gasteiger partial charge < -0.3 is 10.2 Å². The van der Waals surface area contributed by atoms with Crippen LogP contribution in [0.5, 0.6) is 0 Å². The van der Waals surface area contributed by atoms with Crippen molar-refractivity contribution in [2.45, 2.75) is 37.6 Å². The SMILES string of the molecule is O=C(C[NH+]1CCC(c2nc3ccccc3s2)CC1)NC(=O)NC1CC1. The highest BCUT2D eigenvalue weighted by atomic mass is 32.1. The van der Waals surface area contributed by atoms with Crippen LogP contribution in [0.4, 0.5) is 4.79 Å². The van der Waals surface area contributed by atoms with Crippen molar-refractivity contribution in [2.24, 2.45) is 0 Å². The van der Waals surface area contributed by atoms with E-state index in [1.54, 1.807) is 11.3 Å². The number of amides is 3. The Balaban J connectivity index is 1.26. The van der Waals surface area contributed by atoms with Gasteiger partial charge in [-0.2, -0.15) is 0 Å². The fourth-order valence-electron chi connectivity index (χ4n) is 3.36. The maximum atomic E-state index is 12.0. The zero-order valence-corrected chi connectivity index (χ0v) is 14.9. The number of nitrogens with one attached hydrogen (secondary N) is 3. The third kappa shape index (κ3) is 4.16. The molecule has 7 heteroatoms. The van der Waals surface area contributed by atoms with Crippen molar-refractivity contribution in [1.29, 1.82) is 0 Å². The number of carbonyl (C=O) groups is 2. The zero-order chi connectivity index (χ0) is 17.2. The van der Waals surface area contributed by atoms with Crippen LogP contribution in [-0.4, -0.2) is 42.6 Å². The summed E-state index contributed by atoms with van der Waals surface area (Å²) in [5.74, 6) is 0.300. The first kappa shape index (κ1) is 16.5. The monoisotopic (exact) mass is 359 g/mol. The Hall–Kier alpha value is -1.99. The molecule has 2 aliphatic rings. The van der Waals surface area contributed by atoms with Crippen molar-refractivity contribution in [1.82, 2.24) is 15.6 Å². The summed E-state index contributed by atoms with van der Waals surface area (Å²) >= 11 is 1.79. The summed E-state index contributed by atoms with van der Waals surface area (Å²) in [5, 5.41) is 6.43. The minimum Gasteiger partial charge on any atom is -0.335 e. The molecule has 132 valence electrons. The Morgan fingerprint density at radius 2 is 1.92 bits per heavy atom. The van der Waals surface area contributed by atoms with Gasteiger partial charge in [-0.3, -0.25) is 10.1 Å². The Kier molecular flexibility index (Phi) is 4.67. The molecule has 0 radical (unpaired) electrons. The number of quaternary nitrogens is 1. The Bertz CT molecular complexity index is 745. The number of piperidine rings is 1. The van der Waals surface area contributed by atoms with Crippen molar-refractivity contribution in [3.63, 3.8) is 0 Å². The average Bonchev–Trinajstić information content (AvgIpc) is 3.30. The molecule has 1 saturated heterocycles. The topological polar surface area (TPSA) is 75.5 Å². The molecule has 0 atom stereocenters. The minimum absolute atomic E-state index is 0.188. The molecule has 0 unspecified atom stereocenters. The lowest BCUT2D eigenvalue weighted by atomic mass is 9.97. The van der Waals surface area contributed by atoms with Crippen LogP contribution in [-0.2, 0) is 4.79 Å². The molecule has 3 N–H and O–H groups in total. The van der Waals surface area contributed by atoms with E-state index in [1.165, 1.54) is 14.6 Å². The number of likely N-dealkylation sites (tertiary alicyclic amines) is 1. The summed E-state index contributed by atoms with van der Waals surface area (Å²) in [4.78, 5) is 29.6. The molecule has 6 nitrogen and oxygen atoms in total. The number of nitrogens with zero attached hydrogens (tertiary/aromatic N) is 1. The number of thiazole rings is 1. The molecule has 25 heavy (non-hydrogen) atoms. The lowest BCUT2D eigenvalue weighted by Crippen LogP contribution is -3.14. The van der Waals surface area contributed by atoms with E-state index in [4.69, 9.17) is 4.98 Å². The fourth-order valence-corrected chi connectivity index (χ4v) is 4.50. The van der Waals surface area contributed by atoms with Crippen LogP contribution in [0.3, 0.4) is 0 Å². The van der Waals surface area contributed by atoms with E-state index in [2.05, 4.69) is 28.8 Å². The number of aromatic nitrogens is 1. The van der Waals surface area contributed by atoms with Crippen LogP contribution >= 0.6 is 11.3 Å².